The highest BCUT2D eigenvalue weighted by molar-refractivity contribution is 6.00. The molecule has 0 unspecified atom stereocenters. The third kappa shape index (κ3) is 8.21. The predicted octanol–water partition coefficient (Wildman–Crippen LogP) is 6.45. The molecule has 3 amide bonds. The number of nitrogens with one attached hydrogen (secondary N) is 2. The number of carbonyl (C=O) groups is 2. The van der Waals surface area contributed by atoms with E-state index in [2.05, 4.69) is 53.3 Å². The fourth-order valence-electron chi connectivity index (χ4n) is 5.62. The lowest BCUT2D eigenvalue weighted by molar-refractivity contribution is 0.0628. The van der Waals surface area contributed by atoms with Crippen molar-refractivity contribution in [1.82, 2.24) is 24.5 Å². The fourth-order valence-corrected chi connectivity index (χ4v) is 5.62. The summed E-state index contributed by atoms with van der Waals surface area (Å²) < 4.78 is 1.78. The summed E-state index contributed by atoms with van der Waals surface area (Å²) in [7, 11) is 4.08. The van der Waals surface area contributed by atoms with Gasteiger partial charge in [0, 0.05) is 62.0 Å². The van der Waals surface area contributed by atoms with Crippen molar-refractivity contribution in [1.29, 1.82) is 0 Å². The lowest BCUT2D eigenvalue weighted by atomic mass is 9.92. The van der Waals surface area contributed by atoms with Crippen molar-refractivity contribution in [3.05, 3.63) is 106 Å². The van der Waals surface area contributed by atoms with Gasteiger partial charge in [-0.1, -0.05) is 62.7 Å². The second-order valence-electron chi connectivity index (χ2n) is 13.6. The van der Waals surface area contributed by atoms with E-state index < -0.39 is 0 Å². The van der Waals surface area contributed by atoms with Gasteiger partial charge in [0.25, 0.3) is 5.91 Å². The summed E-state index contributed by atoms with van der Waals surface area (Å²) in [6, 6.07) is 23.8. The van der Waals surface area contributed by atoms with Crippen LogP contribution in [0.5, 0.6) is 0 Å². The molecule has 2 N–H and O–H groups in total. The number of benzene rings is 3. The highest BCUT2D eigenvalue weighted by atomic mass is 16.2. The Morgan fingerprint density at radius 3 is 2.09 bits per heavy atom. The molecule has 9 nitrogen and oxygen atoms in total. The molecule has 4 aromatic rings. The predicted molar refractivity (Wildman–Crippen MR) is 186 cm³/mol. The van der Waals surface area contributed by atoms with E-state index in [1.54, 1.807) is 4.68 Å². The van der Waals surface area contributed by atoms with Crippen molar-refractivity contribution in [3.63, 3.8) is 0 Å². The molecule has 0 atom stereocenters. The lowest BCUT2D eigenvalue weighted by Crippen LogP contribution is -2.48. The van der Waals surface area contributed by atoms with Crippen molar-refractivity contribution in [2.75, 3.05) is 50.9 Å². The molecule has 1 aliphatic rings. The zero-order chi connectivity index (χ0) is 33.0. The van der Waals surface area contributed by atoms with Crippen molar-refractivity contribution in [3.8, 4) is 5.69 Å². The van der Waals surface area contributed by atoms with Gasteiger partial charge in [-0.3, -0.25) is 15.0 Å². The molecular formula is C37H47N7O2. The zero-order valence-electron chi connectivity index (χ0n) is 28.2. The minimum absolute atomic E-state index is 0.0946. The van der Waals surface area contributed by atoms with Crippen LogP contribution >= 0.6 is 0 Å². The first-order valence-electron chi connectivity index (χ1n) is 16.0. The van der Waals surface area contributed by atoms with Gasteiger partial charge in [-0.25, -0.2) is 9.48 Å². The summed E-state index contributed by atoms with van der Waals surface area (Å²) in [5, 5.41) is 10.8. The minimum atomic E-state index is -0.322. The summed E-state index contributed by atoms with van der Waals surface area (Å²) in [5.74, 6) is 0.705. The molecule has 1 aliphatic heterocycles. The van der Waals surface area contributed by atoms with Crippen LogP contribution in [0.1, 0.15) is 59.1 Å². The number of hydrogen-bond acceptors (Lipinski definition) is 5. The first-order valence-corrected chi connectivity index (χ1v) is 16.0. The van der Waals surface area contributed by atoms with Gasteiger partial charge in [-0.15, -0.1) is 0 Å². The van der Waals surface area contributed by atoms with Gasteiger partial charge in [0.15, 0.2) is 0 Å². The van der Waals surface area contributed by atoms with E-state index in [1.165, 1.54) is 11.1 Å². The summed E-state index contributed by atoms with van der Waals surface area (Å²) >= 11 is 0. The number of rotatable bonds is 8. The van der Waals surface area contributed by atoms with E-state index in [1.807, 2.05) is 93.5 Å². The quantitative estimate of drug-likeness (QED) is 0.236. The average molecular weight is 622 g/mol. The van der Waals surface area contributed by atoms with E-state index in [9.17, 15) is 9.59 Å². The Bertz CT molecular complexity index is 1660. The van der Waals surface area contributed by atoms with Crippen molar-refractivity contribution >= 4 is 23.4 Å². The molecule has 46 heavy (non-hydrogen) atoms. The van der Waals surface area contributed by atoms with Crippen LogP contribution < -0.4 is 10.6 Å². The molecule has 2 heterocycles. The number of hydrogen-bond donors (Lipinski definition) is 2. The van der Waals surface area contributed by atoms with Crippen molar-refractivity contribution in [2.45, 2.75) is 53.1 Å². The van der Waals surface area contributed by atoms with Crippen LogP contribution in [-0.4, -0.2) is 76.7 Å². The van der Waals surface area contributed by atoms with Crippen LogP contribution in [0.15, 0.2) is 72.8 Å². The van der Waals surface area contributed by atoms with Gasteiger partial charge in [-0.2, -0.15) is 5.10 Å². The highest BCUT2D eigenvalue weighted by Gasteiger charge is 2.23. The number of amides is 3. The Morgan fingerprint density at radius 1 is 0.826 bits per heavy atom. The maximum absolute atomic E-state index is 13.2. The van der Waals surface area contributed by atoms with E-state index in [0.29, 0.717) is 18.9 Å². The Balaban J connectivity index is 1.16. The smallest absolute Gasteiger partial charge is 0.324 e. The molecule has 242 valence electrons. The second kappa shape index (κ2) is 13.9. The molecule has 3 aromatic carbocycles. The van der Waals surface area contributed by atoms with Crippen LogP contribution in [0.4, 0.5) is 16.3 Å². The molecule has 5 rings (SSSR count). The Kier molecular flexibility index (Phi) is 9.94. The summed E-state index contributed by atoms with van der Waals surface area (Å²) in [6.45, 7) is 15.1. The van der Waals surface area contributed by atoms with Crippen LogP contribution in [0, 0.1) is 13.8 Å². The van der Waals surface area contributed by atoms with Crippen LogP contribution in [0.3, 0.4) is 0 Å². The second-order valence-corrected chi connectivity index (χ2v) is 13.6. The number of aromatic nitrogens is 2. The molecule has 0 spiro atoms. The third-order valence-corrected chi connectivity index (χ3v) is 8.30. The molecule has 1 saturated heterocycles. The normalized spacial score (nSPS) is 14.0. The van der Waals surface area contributed by atoms with Gasteiger partial charge in [0.05, 0.1) is 11.4 Å². The average Bonchev–Trinajstić information content (AvgIpc) is 3.43. The molecule has 1 fully saturated rings. The van der Waals surface area contributed by atoms with E-state index in [0.717, 1.165) is 59.9 Å². The summed E-state index contributed by atoms with van der Waals surface area (Å²) in [6.07, 6.45) is 0. The van der Waals surface area contributed by atoms with Gasteiger partial charge >= 0.3 is 6.03 Å². The maximum atomic E-state index is 13.2. The summed E-state index contributed by atoms with van der Waals surface area (Å²) in [5.41, 5.74) is 7.62. The molecule has 1 aromatic heterocycles. The first kappa shape index (κ1) is 32.9. The molecule has 0 saturated carbocycles. The van der Waals surface area contributed by atoms with Gasteiger partial charge in [-0.05, 0) is 75.0 Å². The largest absolute Gasteiger partial charge is 0.336 e. The SMILES string of the molecule is Cc1ccc(-n2nc(C(C)(C)C)cc2NC(=O)Nc2ccc(CN3CCN(C(=O)c4ccc(CN(C)C)cc4)CC3)cc2C)cc1. The molecule has 0 bridgehead atoms. The first-order chi connectivity index (χ1) is 21.9. The number of piperazine rings is 1. The van der Waals surface area contributed by atoms with Crippen LogP contribution in [0.25, 0.3) is 5.69 Å². The molecule has 0 radical (unpaired) electrons. The van der Waals surface area contributed by atoms with Gasteiger partial charge < -0.3 is 15.1 Å². The zero-order valence-corrected chi connectivity index (χ0v) is 28.2. The van der Waals surface area contributed by atoms with E-state index in [-0.39, 0.29) is 17.4 Å². The van der Waals surface area contributed by atoms with Crippen molar-refractivity contribution in [2.24, 2.45) is 0 Å². The lowest BCUT2D eigenvalue weighted by Gasteiger charge is -2.35. The Labute approximate surface area is 273 Å². The maximum Gasteiger partial charge on any atom is 0.324 e. The van der Waals surface area contributed by atoms with Gasteiger partial charge in [0.1, 0.15) is 5.82 Å². The fraction of sp³-hybridized carbons (Fsp3) is 0.378. The molecule has 9 heteroatoms. The van der Waals surface area contributed by atoms with E-state index in [4.69, 9.17) is 5.10 Å². The van der Waals surface area contributed by atoms with Crippen molar-refractivity contribution < 1.29 is 9.59 Å². The number of nitrogens with zero attached hydrogens (tertiary/aromatic N) is 5. The molecule has 0 aliphatic carbocycles. The summed E-state index contributed by atoms with van der Waals surface area (Å²) in [4.78, 5) is 32.7. The Hall–Kier alpha value is -4.47. The number of aryl methyl sites for hydroxylation is 2. The topological polar surface area (TPSA) is 85.7 Å². The minimum Gasteiger partial charge on any atom is -0.336 e. The van der Waals surface area contributed by atoms with Crippen LogP contribution in [0.2, 0.25) is 0 Å². The Morgan fingerprint density at radius 2 is 1.48 bits per heavy atom. The van der Waals surface area contributed by atoms with E-state index >= 15 is 0 Å². The number of urea groups is 1. The van der Waals surface area contributed by atoms with Gasteiger partial charge in [0.2, 0.25) is 0 Å². The molecular weight excluding hydrogens is 574 g/mol. The monoisotopic (exact) mass is 621 g/mol. The standard InChI is InChI=1S/C37H47N7O2/c1-26-8-15-31(16-9-26)44-34(23-33(40-44)37(3,4)5)39-36(46)38-32-17-12-29(22-27(32)2)25-42-18-20-43(21-19-42)35(45)30-13-10-28(11-14-30)24-41(6)7/h8-17,22-23H,18-21,24-25H2,1-7H3,(H2,38,39,46). The van der Waals surface area contributed by atoms with Crippen LogP contribution in [-0.2, 0) is 18.5 Å². The third-order valence-electron chi connectivity index (χ3n) is 8.30. The highest BCUT2D eigenvalue weighted by Crippen LogP contribution is 2.27. The number of carbonyl (C=O) groups excluding carboxylic acids is 2. The number of anilines is 2.